The van der Waals surface area contributed by atoms with Crippen molar-refractivity contribution in [2.75, 3.05) is 13.2 Å². The van der Waals surface area contributed by atoms with E-state index in [0.717, 1.165) is 55.8 Å². The number of nitrogens with one attached hydrogen (secondary N) is 2. The summed E-state index contributed by atoms with van der Waals surface area (Å²) in [6.07, 6.45) is 3.40. The minimum Gasteiger partial charge on any atom is -0.489 e. The molecule has 31 heavy (non-hydrogen) atoms. The SMILES string of the molecule is NC=NC=NCCCOc1c2[nH]c3ccc(Cl)cc3c2cc2c1[nH]c1ccc(Cl)cc12. The van der Waals surface area contributed by atoms with Gasteiger partial charge in [-0.2, -0.15) is 0 Å². The number of nitrogens with two attached hydrogens (primary N) is 1. The Morgan fingerprint density at radius 2 is 1.48 bits per heavy atom. The summed E-state index contributed by atoms with van der Waals surface area (Å²) in [7, 11) is 0. The van der Waals surface area contributed by atoms with Crippen LogP contribution in [0.2, 0.25) is 10.0 Å². The van der Waals surface area contributed by atoms with Gasteiger partial charge in [-0.25, -0.2) is 4.99 Å². The van der Waals surface area contributed by atoms with E-state index in [1.54, 1.807) is 0 Å². The predicted molar refractivity (Wildman–Crippen MR) is 131 cm³/mol. The average Bonchev–Trinajstić information content (AvgIpc) is 3.30. The van der Waals surface area contributed by atoms with Gasteiger partial charge >= 0.3 is 0 Å². The topological polar surface area (TPSA) is 91.5 Å². The van der Waals surface area contributed by atoms with E-state index in [2.05, 4.69) is 26.0 Å². The van der Waals surface area contributed by atoms with E-state index in [9.17, 15) is 0 Å². The largest absolute Gasteiger partial charge is 0.489 e. The molecule has 0 saturated carbocycles. The first-order valence-corrected chi connectivity index (χ1v) is 10.6. The molecule has 2 aromatic heterocycles. The number of nitrogens with zero attached hydrogens (tertiary/aromatic N) is 2. The van der Waals surface area contributed by atoms with Crippen LogP contribution in [0.1, 0.15) is 6.42 Å². The van der Waals surface area contributed by atoms with Crippen molar-refractivity contribution in [2.24, 2.45) is 15.7 Å². The van der Waals surface area contributed by atoms with E-state index in [-0.39, 0.29) is 0 Å². The summed E-state index contributed by atoms with van der Waals surface area (Å²) in [5, 5.41) is 5.59. The first-order chi connectivity index (χ1) is 15.2. The minimum atomic E-state index is 0.504. The van der Waals surface area contributed by atoms with E-state index in [4.69, 9.17) is 33.7 Å². The molecule has 0 aliphatic rings. The van der Waals surface area contributed by atoms with Crippen molar-refractivity contribution < 1.29 is 4.74 Å². The Morgan fingerprint density at radius 1 is 0.871 bits per heavy atom. The Kier molecular flexibility index (Phi) is 5.18. The summed E-state index contributed by atoms with van der Waals surface area (Å²) in [4.78, 5) is 14.9. The number of rotatable bonds is 6. The van der Waals surface area contributed by atoms with Gasteiger partial charge < -0.3 is 20.4 Å². The van der Waals surface area contributed by atoms with E-state index in [1.165, 1.54) is 12.7 Å². The quantitative estimate of drug-likeness (QED) is 0.166. The number of aromatic nitrogens is 2. The van der Waals surface area contributed by atoms with Gasteiger partial charge in [-0.15, -0.1) is 0 Å². The third kappa shape index (κ3) is 3.58. The Labute approximate surface area is 187 Å². The molecule has 6 nitrogen and oxygen atoms in total. The fraction of sp³-hybridized carbons (Fsp3) is 0.130. The van der Waals surface area contributed by atoms with Crippen LogP contribution in [0.3, 0.4) is 0 Å². The number of aromatic amines is 2. The Balaban J connectivity index is 1.65. The monoisotopic (exact) mass is 451 g/mol. The molecule has 0 fully saturated rings. The lowest BCUT2D eigenvalue weighted by Gasteiger charge is -2.08. The first-order valence-electron chi connectivity index (χ1n) is 9.85. The van der Waals surface area contributed by atoms with E-state index < -0.39 is 0 Å². The summed E-state index contributed by atoms with van der Waals surface area (Å²) < 4.78 is 6.29. The van der Waals surface area contributed by atoms with E-state index in [0.29, 0.717) is 23.2 Å². The highest BCUT2D eigenvalue weighted by Crippen LogP contribution is 2.41. The van der Waals surface area contributed by atoms with Crippen LogP contribution in [-0.4, -0.2) is 35.8 Å². The van der Waals surface area contributed by atoms with Crippen LogP contribution in [-0.2, 0) is 0 Å². The fourth-order valence-electron chi connectivity index (χ4n) is 3.92. The normalized spacial score (nSPS) is 12.5. The van der Waals surface area contributed by atoms with Gasteiger partial charge in [-0.3, -0.25) is 4.99 Å². The molecule has 0 unspecified atom stereocenters. The third-order valence-corrected chi connectivity index (χ3v) is 5.73. The highest BCUT2D eigenvalue weighted by molar-refractivity contribution is 6.33. The highest BCUT2D eigenvalue weighted by Gasteiger charge is 2.17. The standard InChI is InChI=1S/C23H19Cl2N5O/c24-13-2-4-19-15(8-13)17-10-18-16-9-14(25)3-5-20(16)30-22(18)23(21(17)29-19)31-7-1-6-27-12-28-11-26/h2-5,8-12,29-30H,1,6-7H2,(H2,26,27,28). The van der Waals surface area contributed by atoms with Crippen LogP contribution in [0.4, 0.5) is 0 Å². The molecular weight excluding hydrogens is 433 g/mol. The molecule has 0 radical (unpaired) electrons. The molecule has 0 spiro atoms. The lowest BCUT2D eigenvalue weighted by atomic mass is 10.1. The number of hydrogen-bond donors (Lipinski definition) is 3. The van der Waals surface area contributed by atoms with Crippen molar-refractivity contribution in [3.63, 3.8) is 0 Å². The maximum absolute atomic E-state index is 6.29. The van der Waals surface area contributed by atoms with Crippen molar-refractivity contribution in [3.8, 4) is 5.75 Å². The van der Waals surface area contributed by atoms with Crippen molar-refractivity contribution >= 4 is 79.5 Å². The van der Waals surface area contributed by atoms with Gasteiger partial charge in [0, 0.05) is 55.6 Å². The van der Waals surface area contributed by atoms with Crippen LogP contribution < -0.4 is 10.5 Å². The Morgan fingerprint density at radius 3 is 2.06 bits per heavy atom. The molecule has 156 valence electrons. The highest BCUT2D eigenvalue weighted by atomic mass is 35.5. The zero-order valence-electron chi connectivity index (χ0n) is 16.5. The molecule has 0 aliphatic carbocycles. The second kappa shape index (κ2) is 8.13. The number of hydrogen-bond acceptors (Lipinski definition) is 2. The molecule has 0 bridgehead atoms. The van der Waals surface area contributed by atoms with Gasteiger partial charge in [0.15, 0.2) is 5.75 Å². The lowest BCUT2D eigenvalue weighted by molar-refractivity contribution is 0.320. The van der Waals surface area contributed by atoms with E-state index in [1.807, 2.05) is 36.4 Å². The molecule has 5 rings (SSSR count). The fourth-order valence-corrected chi connectivity index (χ4v) is 4.26. The summed E-state index contributed by atoms with van der Waals surface area (Å²) >= 11 is 12.6. The Bertz CT molecular complexity index is 1390. The van der Waals surface area contributed by atoms with Gasteiger partial charge in [0.1, 0.15) is 6.34 Å². The number of aliphatic imine (C=N–C) groups is 2. The molecule has 2 heterocycles. The molecule has 0 saturated heterocycles. The zero-order chi connectivity index (χ0) is 21.4. The van der Waals surface area contributed by atoms with Gasteiger partial charge in [0.25, 0.3) is 0 Å². The summed E-state index contributed by atoms with van der Waals surface area (Å²) in [5.74, 6) is 0.774. The number of halogens is 2. The van der Waals surface area contributed by atoms with Crippen LogP contribution in [0, 0.1) is 0 Å². The van der Waals surface area contributed by atoms with Crippen LogP contribution >= 0.6 is 23.2 Å². The van der Waals surface area contributed by atoms with Crippen LogP contribution in [0.15, 0.2) is 52.4 Å². The molecular formula is C23H19Cl2N5O. The summed E-state index contributed by atoms with van der Waals surface area (Å²) in [5.41, 5.74) is 9.07. The zero-order valence-corrected chi connectivity index (χ0v) is 18.0. The number of ether oxygens (including phenoxy) is 1. The molecule has 4 N–H and O–H groups in total. The number of benzene rings is 3. The average molecular weight is 452 g/mol. The van der Waals surface area contributed by atoms with Gasteiger partial charge in [0.05, 0.1) is 24.0 Å². The molecule has 0 aliphatic heterocycles. The Hall–Kier alpha value is -3.22. The lowest BCUT2D eigenvalue weighted by Crippen LogP contribution is -2.00. The maximum Gasteiger partial charge on any atom is 0.167 e. The second-order valence-corrected chi connectivity index (χ2v) is 8.08. The van der Waals surface area contributed by atoms with Crippen molar-refractivity contribution in [1.82, 2.24) is 9.97 Å². The molecule has 8 heteroatoms. The molecule has 0 atom stereocenters. The number of fused-ring (bicyclic) bond motifs is 6. The minimum absolute atomic E-state index is 0.504. The van der Waals surface area contributed by atoms with Gasteiger partial charge in [-0.1, -0.05) is 23.2 Å². The smallest absolute Gasteiger partial charge is 0.167 e. The van der Waals surface area contributed by atoms with Crippen molar-refractivity contribution in [3.05, 3.63) is 52.5 Å². The molecule has 5 aromatic rings. The second-order valence-electron chi connectivity index (χ2n) is 7.20. The number of H-pyrrole nitrogens is 2. The van der Waals surface area contributed by atoms with Crippen LogP contribution in [0.25, 0.3) is 43.6 Å². The van der Waals surface area contributed by atoms with Gasteiger partial charge in [0.2, 0.25) is 0 Å². The first kappa shape index (κ1) is 19.7. The third-order valence-electron chi connectivity index (χ3n) is 5.26. The molecule has 3 aromatic carbocycles. The summed E-state index contributed by atoms with van der Waals surface area (Å²) in [6, 6.07) is 13.8. The van der Waals surface area contributed by atoms with Gasteiger partial charge in [-0.05, 0) is 42.5 Å². The van der Waals surface area contributed by atoms with Crippen molar-refractivity contribution in [2.45, 2.75) is 6.42 Å². The predicted octanol–water partition coefficient (Wildman–Crippen LogP) is 6.05. The van der Waals surface area contributed by atoms with E-state index >= 15 is 0 Å². The van der Waals surface area contributed by atoms with Crippen molar-refractivity contribution in [1.29, 1.82) is 0 Å². The van der Waals surface area contributed by atoms with Crippen LogP contribution in [0.5, 0.6) is 5.75 Å². The molecule has 0 amide bonds. The summed E-state index contributed by atoms with van der Waals surface area (Å²) in [6.45, 7) is 1.10. The maximum atomic E-state index is 6.29.